The van der Waals surface area contributed by atoms with E-state index in [-0.39, 0.29) is 0 Å². The fourth-order valence-electron chi connectivity index (χ4n) is 3.02. The lowest BCUT2D eigenvalue weighted by molar-refractivity contribution is 0.112. The Balaban J connectivity index is 1.76. The molecule has 0 saturated carbocycles. The molecule has 2 N–H and O–H groups in total. The van der Waals surface area contributed by atoms with E-state index in [2.05, 4.69) is 20.3 Å². The molecular weight excluding hydrogens is 370 g/mol. The highest BCUT2D eigenvalue weighted by Gasteiger charge is 2.18. The van der Waals surface area contributed by atoms with Crippen molar-refractivity contribution in [1.82, 2.24) is 19.9 Å². The maximum absolute atomic E-state index is 11.7. The van der Waals surface area contributed by atoms with E-state index in [4.69, 9.17) is 4.98 Å². The summed E-state index contributed by atoms with van der Waals surface area (Å²) in [7, 11) is 0. The maximum atomic E-state index is 11.7. The number of fused-ring (bicyclic) bond motifs is 1. The summed E-state index contributed by atoms with van der Waals surface area (Å²) < 4.78 is 0. The number of benzene rings is 1. The van der Waals surface area contributed by atoms with Crippen LogP contribution in [0.25, 0.3) is 11.0 Å². The van der Waals surface area contributed by atoms with Gasteiger partial charge in [0, 0.05) is 35.1 Å². The number of aryl methyl sites for hydroxylation is 1. The molecule has 0 spiro atoms. The lowest BCUT2D eigenvalue weighted by atomic mass is 10.1. The molecule has 0 saturated heterocycles. The fourth-order valence-corrected chi connectivity index (χ4v) is 3.77. The Morgan fingerprint density at radius 3 is 2.71 bits per heavy atom. The van der Waals surface area contributed by atoms with Gasteiger partial charge < -0.3 is 10.3 Å². The number of aromatic nitrogens is 4. The van der Waals surface area contributed by atoms with E-state index in [1.54, 1.807) is 12.4 Å². The largest absolute Gasteiger partial charge is 0.365 e. The number of hydrogen-bond acceptors (Lipinski definition) is 6. The lowest BCUT2D eigenvalue weighted by Crippen LogP contribution is -2.04. The predicted molar refractivity (Wildman–Crippen MR) is 111 cm³/mol. The first-order chi connectivity index (χ1) is 13.8. The van der Waals surface area contributed by atoms with Gasteiger partial charge in [0.25, 0.3) is 0 Å². The molecule has 4 aromatic rings. The summed E-state index contributed by atoms with van der Waals surface area (Å²) in [4.78, 5) is 29.5. The van der Waals surface area contributed by atoms with Crippen molar-refractivity contribution in [2.24, 2.45) is 0 Å². The molecule has 4 rings (SSSR count). The lowest BCUT2D eigenvalue weighted by Gasteiger charge is -2.09. The van der Waals surface area contributed by atoms with Gasteiger partial charge in [-0.3, -0.25) is 9.78 Å². The van der Waals surface area contributed by atoms with E-state index in [0.717, 1.165) is 27.8 Å². The minimum absolute atomic E-state index is 0.595. The summed E-state index contributed by atoms with van der Waals surface area (Å²) in [6.45, 7) is 2.61. The van der Waals surface area contributed by atoms with Crippen molar-refractivity contribution in [3.05, 3.63) is 71.7 Å². The van der Waals surface area contributed by atoms with E-state index in [1.807, 2.05) is 49.4 Å². The van der Waals surface area contributed by atoms with Crippen LogP contribution in [0.1, 0.15) is 28.5 Å². The molecule has 7 heteroatoms. The third-order valence-electron chi connectivity index (χ3n) is 4.37. The number of aromatic amines is 1. The van der Waals surface area contributed by atoms with E-state index in [0.29, 0.717) is 35.2 Å². The van der Waals surface area contributed by atoms with Crippen molar-refractivity contribution in [3.8, 4) is 0 Å². The Bertz CT molecular complexity index is 1100. The zero-order valence-electron chi connectivity index (χ0n) is 15.3. The van der Waals surface area contributed by atoms with Crippen LogP contribution in [0.2, 0.25) is 0 Å². The van der Waals surface area contributed by atoms with Crippen LogP contribution in [0.5, 0.6) is 0 Å². The number of anilines is 1. The maximum Gasteiger partial charge on any atom is 0.196 e. The van der Waals surface area contributed by atoms with Crippen molar-refractivity contribution in [1.29, 1.82) is 0 Å². The molecule has 3 aromatic heterocycles. The van der Waals surface area contributed by atoms with E-state index in [1.165, 1.54) is 11.8 Å². The Labute approximate surface area is 166 Å². The van der Waals surface area contributed by atoms with Gasteiger partial charge in [0.1, 0.15) is 11.5 Å². The molecule has 0 fully saturated rings. The second kappa shape index (κ2) is 8.22. The Kier molecular flexibility index (Phi) is 5.34. The van der Waals surface area contributed by atoms with Gasteiger partial charge in [0.05, 0.1) is 5.39 Å². The van der Waals surface area contributed by atoms with Crippen LogP contribution in [-0.2, 0) is 13.0 Å². The number of carbonyl (C=O) groups is 1. The molecular formula is C21H19N5OS. The minimum atomic E-state index is 0.595. The Hall–Kier alpha value is -3.19. The first-order valence-corrected chi connectivity index (χ1v) is 9.83. The van der Waals surface area contributed by atoms with E-state index in [9.17, 15) is 4.79 Å². The van der Waals surface area contributed by atoms with Gasteiger partial charge in [0.2, 0.25) is 0 Å². The second-order valence-electron chi connectivity index (χ2n) is 6.20. The van der Waals surface area contributed by atoms with Gasteiger partial charge >= 0.3 is 0 Å². The molecule has 140 valence electrons. The number of nitrogens with zero attached hydrogens (tertiary/aromatic N) is 3. The number of nitrogens with one attached hydrogen (secondary N) is 2. The molecule has 0 radical (unpaired) electrons. The molecule has 28 heavy (non-hydrogen) atoms. The second-order valence-corrected chi connectivity index (χ2v) is 7.24. The van der Waals surface area contributed by atoms with Crippen LogP contribution >= 0.6 is 11.8 Å². The molecule has 6 nitrogen and oxygen atoms in total. The van der Waals surface area contributed by atoms with Gasteiger partial charge in [-0.25, -0.2) is 9.97 Å². The molecule has 0 amide bonds. The van der Waals surface area contributed by atoms with Gasteiger partial charge in [-0.05, 0) is 35.9 Å². The number of pyridine rings is 1. The van der Waals surface area contributed by atoms with Crippen molar-refractivity contribution < 1.29 is 4.79 Å². The number of carbonyl (C=O) groups excluding carboxylic acids is 1. The molecule has 0 aliphatic heterocycles. The van der Waals surface area contributed by atoms with Crippen molar-refractivity contribution in [3.63, 3.8) is 0 Å². The summed E-state index contributed by atoms with van der Waals surface area (Å²) in [5.74, 6) is 0.651. The summed E-state index contributed by atoms with van der Waals surface area (Å²) in [5, 5.41) is 4.71. The third-order valence-corrected chi connectivity index (χ3v) is 5.21. The molecule has 0 atom stereocenters. The number of hydrogen-bond donors (Lipinski definition) is 2. The predicted octanol–water partition coefficient (Wildman–Crippen LogP) is 4.49. The van der Waals surface area contributed by atoms with Crippen LogP contribution in [0.4, 0.5) is 5.82 Å². The SMILES string of the molecule is CCc1[nH]c2nc(Sc3cccnc3)nc(NCc3ccccc3)c2c1C=O. The number of H-pyrrole nitrogens is 1. The fraction of sp³-hybridized carbons (Fsp3) is 0.143. The monoisotopic (exact) mass is 389 g/mol. The third kappa shape index (κ3) is 3.75. The Morgan fingerprint density at radius 1 is 1.14 bits per heavy atom. The molecule has 1 aromatic carbocycles. The topological polar surface area (TPSA) is 83.6 Å². The summed E-state index contributed by atoms with van der Waals surface area (Å²) in [6.07, 6.45) is 5.10. The molecule has 0 unspecified atom stereocenters. The average molecular weight is 389 g/mol. The minimum Gasteiger partial charge on any atom is -0.365 e. The average Bonchev–Trinajstić information content (AvgIpc) is 3.11. The number of rotatable bonds is 7. The van der Waals surface area contributed by atoms with Gasteiger partial charge in [0.15, 0.2) is 11.4 Å². The van der Waals surface area contributed by atoms with Crippen molar-refractivity contribution >= 4 is 34.9 Å². The molecule has 0 aliphatic carbocycles. The van der Waals surface area contributed by atoms with Crippen LogP contribution in [0.15, 0.2) is 64.9 Å². The normalized spacial score (nSPS) is 10.9. The smallest absolute Gasteiger partial charge is 0.196 e. The van der Waals surface area contributed by atoms with Crippen LogP contribution in [0.3, 0.4) is 0 Å². The summed E-state index contributed by atoms with van der Waals surface area (Å²) in [6, 6.07) is 13.9. The Morgan fingerprint density at radius 2 is 2.00 bits per heavy atom. The van der Waals surface area contributed by atoms with E-state index < -0.39 is 0 Å². The van der Waals surface area contributed by atoms with Gasteiger partial charge in [-0.1, -0.05) is 37.3 Å². The standard InChI is InChI=1S/C21H19N5OS/c1-2-17-16(13-27)18-19(23-11-14-7-4-3-5-8-14)25-21(26-20(18)24-17)28-15-9-6-10-22-12-15/h3-10,12-13H,2,11H2,1H3,(H2,23,24,25,26). The molecule has 0 bridgehead atoms. The van der Waals surface area contributed by atoms with Crippen LogP contribution in [0, 0.1) is 0 Å². The number of aldehydes is 1. The quantitative estimate of drug-likeness (QED) is 0.358. The summed E-state index contributed by atoms with van der Waals surface area (Å²) in [5.41, 5.74) is 3.28. The van der Waals surface area contributed by atoms with Crippen LogP contribution < -0.4 is 5.32 Å². The summed E-state index contributed by atoms with van der Waals surface area (Å²) >= 11 is 1.44. The van der Waals surface area contributed by atoms with Crippen molar-refractivity contribution in [2.75, 3.05) is 5.32 Å². The van der Waals surface area contributed by atoms with E-state index >= 15 is 0 Å². The molecule has 3 heterocycles. The first-order valence-electron chi connectivity index (χ1n) is 9.02. The highest BCUT2D eigenvalue weighted by atomic mass is 32.2. The zero-order chi connectivity index (χ0) is 19.3. The van der Waals surface area contributed by atoms with Gasteiger partial charge in [-0.15, -0.1) is 0 Å². The van der Waals surface area contributed by atoms with Gasteiger partial charge in [-0.2, -0.15) is 0 Å². The van der Waals surface area contributed by atoms with Crippen LogP contribution in [-0.4, -0.2) is 26.2 Å². The van der Waals surface area contributed by atoms with Crippen molar-refractivity contribution in [2.45, 2.75) is 29.9 Å². The first kappa shape index (κ1) is 18.2. The molecule has 0 aliphatic rings. The highest BCUT2D eigenvalue weighted by Crippen LogP contribution is 2.31. The highest BCUT2D eigenvalue weighted by molar-refractivity contribution is 7.99. The zero-order valence-corrected chi connectivity index (χ0v) is 16.2.